The molecule has 2 aromatic rings. The van der Waals surface area contributed by atoms with Crippen LogP contribution in [0, 0.1) is 6.92 Å². The third kappa shape index (κ3) is 2.35. The molecular formula is C14H15N3O4. The van der Waals surface area contributed by atoms with Crippen molar-refractivity contribution in [2.75, 3.05) is 6.54 Å². The van der Waals surface area contributed by atoms with Crippen molar-refractivity contribution < 1.29 is 19.2 Å². The van der Waals surface area contributed by atoms with Gasteiger partial charge >= 0.3 is 5.97 Å². The molecule has 110 valence electrons. The van der Waals surface area contributed by atoms with Gasteiger partial charge in [-0.1, -0.05) is 5.16 Å². The number of carboxylic acid groups (broad SMARTS) is 1. The van der Waals surface area contributed by atoms with Crippen molar-refractivity contribution >= 4 is 23.0 Å². The van der Waals surface area contributed by atoms with Crippen molar-refractivity contribution in [2.24, 2.45) is 0 Å². The van der Waals surface area contributed by atoms with Crippen LogP contribution in [0.4, 0.5) is 0 Å². The summed E-state index contributed by atoms with van der Waals surface area (Å²) in [6.07, 6.45) is 3.53. The average Bonchev–Trinajstić information content (AvgIpc) is 2.87. The lowest BCUT2D eigenvalue weighted by Crippen LogP contribution is -2.48. The average molecular weight is 289 g/mol. The number of aryl methyl sites for hydroxylation is 1. The maximum absolute atomic E-state index is 12.6. The highest BCUT2D eigenvalue weighted by Crippen LogP contribution is 2.22. The van der Waals surface area contributed by atoms with Gasteiger partial charge in [-0.3, -0.25) is 4.79 Å². The fourth-order valence-electron chi connectivity index (χ4n) is 2.66. The Balaban J connectivity index is 1.94. The summed E-state index contributed by atoms with van der Waals surface area (Å²) in [5.41, 5.74) is 1.39. The van der Waals surface area contributed by atoms with Crippen molar-refractivity contribution in [3.8, 4) is 0 Å². The predicted octanol–water partition coefficient (Wildman–Crippen LogP) is 1.61. The Kier molecular flexibility index (Phi) is 3.32. The molecule has 0 spiro atoms. The number of piperidine rings is 1. The zero-order chi connectivity index (χ0) is 15.0. The van der Waals surface area contributed by atoms with Gasteiger partial charge < -0.3 is 14.5 Å². The zero-order valence-electron chi connectivity index (χ0n) is 11.6. The number of rotatable bonds is 2. The summed E-state index contributed by atoms with van der Waals surface area (Å²) in [6.45, 7) is 2.22. The summed E-state index contributed by atoms with van der Waals surface area (Å²) in [4.78, 5) is 29.3. The standard InChI is InChI=1S/C14H15N3O4/c1-8-10-6-9(7-15-12(10)21-16-8)13(18)17-5-3-2-4-11(17)14(19)20/h6-7,11H,2-5H2,1H3,(H,19,20)/t11-/m0/s1. The Bertz CT molecular complexity index is 709. The zero-order valence-corrected chi connectivity index (χ0v) is 11.6. The molecule has 1 aliphatic rings. The molecule has 1 amide bonds. The van der Waals surface area contributed by atoms with Crippen molar-refractivity contribution in [1.29, 1.82) is 0 Å². The van der Waals surface area contributed by atoms with E-state index in [9.17, 15) is 14.7 Å². The normalized spacial score (nSPS) is 18.9. The minimum atomic E-state index is -0.960. The van der Waals surface area contributed by atoms with E-state index in [1.807, 2.05) is 0 Å². The first kappa shape index (κ1) is 13.5. The molecule has 0 aromatic carbocycles. The van der Waals surface area contributed by atoms with Gasteiger partial charge in [0.2, 0.25) is 0 Å². The molecular weight excluding hydrogens is 274 g/mol. The fraction of sp³-hybridized carbons (Fsp3) is 0.429. The largest absolute Gasteiger partial charge is 0.480 e. The maximum atomic E-state index is 12.6. The monoisotopic (exact) mass is 289 g/mol. The van der Waals surface area contributed by atoms with E-state index < -0.39 is 12.0 Å². The molecule has 0 radical (unpaired) electrons. The number of likely N-dealkylation sites (tertiary alicyclic amines) is 1. The van der Waals surface area contributed by atoms with Crippen molar-refractivity contribution in [2.45, 2.75) is 32.2 Å². The summed E-state index contributed by atoms with van der Waals surface area (Å²) >= 11 is 0. The van der Waals surface area contributed by atoms with E-state index in [-0.39, 0.29) is 5.91 Å². The lowest BCUT2D eigenvalue weighted by molar-refractivity contribution is -0.143. The van der Waals surface area contributed by atoms with E-state index >= 15 is 0 Å². The van der Waals surface area contributed by atoms with Gasteiger partial charge in [-0.05, 0) is 32.3 Å². The number of carbonyl (C=O) groups is 2. The van der Waals surface area contributed by atoms with Crippen LogP contribution in [0.5, 0.6) is 0 Å². The molecule has 0 aliphatic carbocycles. The number of amides is 1. The van der Waals surface area contributed by atoms with Crippen LogP contribution in [0.3, 0.4) is 0 Å². The van der Waals surface area contributed by atoms with Gasteiger partial charge in [0.15, 0.2) is 0 Å². The fourth-order valence-corrected chi connectivity index (χ4v) is 2.66. The second kappa shape index (κ2) is 5.16. The van der Waals surface area contributed by atoms with Crippen LogP contribution in [0.1, 0.15) is 35.3 Å². The van der Waals surface area contributed by atoms with E-state index in [4.69, 9.17) is 4.52 Å². The third-order valence-electron chi connectivity index (χ3n) is 3.81. The van der Waals surface area contributed by atoms with E-state index in [2.05, 4.69) is 10.1 Å². The van der Waals surface area contributed by atoms with E-state index in [0.717, 1.165) is 12.8 Å². The Morgan fingerprint density at radius 3 is 3.00 bits per heavy atom. The number of nitrogens with zero attached hydrogens (tertiary/aromatic N) is 3. The number of pyridine rings is 1. The summed E-state index contributed by atoms with van der Waals surface area (Å²) < 4.78 is 5.01. The van der Waals surface area contributed by atoms with Gasteiger partial charge in [0.05, 0.1) is 16.6 Å². The van der Waals surface area contributed by atoms with Gasteiger partial charge in [0.25, 0.3) is 11.6 Å². The predicted molar refractivity (Wildman–Crippen MR) is 72.9 cm³/mol. The summed E-state index contributed by atoms with van der Waals surface area (Å²) in [5, 5.41) is 13.7. The molecule has 2 aromatic heterocycles. The van der Waals surface area contributed by atoms with Gasteiger partial charge in [-0.15, -0.1) is 0 Å². The molecule has 0 saturated carbocycles. The molecule has 3 rings (SSSR count). The van der Waals surface area contributed by atoms with Crippen LogP contribution in [-0.2, 0) is 4.79 Å². The maximum Gasteiger partial charge on any atom is 0.326 e. The molecule has 7 nitrogen and oxygen atoms in total. The molecule has 1 aliphatic heterocycles. The SMILES string of the molecule is Cc1noc2ncc(C(=O)N3CCCC[C@H]3C(=O)O)cc12. The molecule has 21 heavy (non-hydrogen) atoms. The number of aromatic nitrogens is 2. The van der Waals surface area contributed by atoms with Crippen molar-refractivity contribution in [3.05, 3.63) is 23.5 Å². The van der Waals surface area contributed by atoms with Gasteiger partial charge in [0, 0.05) is 12.7 Å². The van der Waals surface area contributed by atoms with Gasteiger partial charge in [0.1, 0.15) is 6.04 Å². The van der Waals surface area contributed by atoms with Crippen LogP contribution in [0.25, 0.3) is 11.1 Å². The number of carboxylic acids is 1. The highest BCUT2D eigenvalue weighted by molar-refractivity contribution is 5.98. The Morgan fingerprint density at radius 2 is 2.24 bits per heavy atom. The Labute approximate surface area is 120 Å². The minimum Gasteiger partial charge on any atom is -0.480 e. The van der Waals surface area contributed by atoms with Crippen LogP contribution in [0.2, 0.25) is 0 Å². The van der Waals surface area contributed by atoms with Crippen LogP contribution >= 0.6 is 0 Å². The van der Waals surface area contributed by atoms with E-state index in [1.54, 1.807) is 13.0 Å². The number of hydrogen-bond acceptors (Lipinski definition) is 5. The quantitative estimate of drug-likeness (QED) is 0.902. The van der Waals surface area contributed by atoms with Gasteiger partial charge in [-0.25, -0.2) is 9.78 Å². The number of hydrogen-bond donors (Lipinski definition) is 1. The molecule has 7 heteroatoms. The lowest BCUT2D eigenvalue weighted by Gasteiger charge is -2.32. The summed E-state index contributed by atoms with van der Waals surface area (Å²) in [6, 6.07) is 0.898. The molecule has 1 fully saturated rings. The minimum absolute atomic E-state index is 0.308. The first-order valence-electron chi connectivity index (χ1n) is 6.83. The highest BCUT2D eigenvalue weighted by atomic mass is 16.5. The van der Waals surface area contributed by atoms with Crippen molar-refractivity contribution in [1.82, 2.24) is 15.0 Å². The Morgan fingerprint density at radius 1 is 1.43 bits per heavy atom. The number of fused-ring (bicyclic) bond motifs is 1. The molecule has 3 heterocycles. The van der Waals surface area contributed by atoms with Crippen LogP contribution in [0.15, 0.2) is 16.8 Å². The van der Waals surface area contributed by atoms with E-state index in [1.165, 1.54) is 11.1 Å². The summed E-state index contributed by atoms with van der Waals surface area (Å²) in [7, 11) is 0. The number of aliphatic carboxylic acids is 1. The molecule has 1 saturated heterocycles. The van der Waals surface area contributed by atoms with Crippen molar-refractivity contribution in [3.63, 3.8) is 0 Å². The molecule has 1 atom stereocenters. The summed E-state index contributed by atoms with van der Waals surface area (Å²) in [5.74, 6) is -1.27. The molecule has 0 bridgehead atoms. The topological polar surface area (TPSA) is 96.5 Å². The smallest absolute Gasteiger partial charge is 0.326 e. The first-order valence-corrected chi connectivity index (χ1v) is 6.83. The second-order valence-corrected chi connectivity index (χ2v) is 5.19. The Hall–Kier alpha value is -2.44. The molecule has 1 N–H and O–H groups in total. The highest BCUT2D eigenvalue weighted by Gasteiger charge is 2.32. The van der Waals surface area contributed by atoms with Crippen LogP contribution < -0.4 is 0 Å². The number of carbonyl (C=O) groups excluding carboxylic acids is 1. The van der Waals surface area contributed by atoms with Crippen LogP contribution in [-0.4, -0.2) is 44.6 Å². The third-order valence-corrected chi connectivity index (χ3v) is 3.81. The first-order chi connectivity index (χ1) is 10.1. The van der Waals surface area contributed by atoms with E-state index in [0.29, 0.717) is 35.3 Å². The molecule has 0 unspecified atom stereocenters. The lowest BCUT2D eigenvalue weighted by atomic mass is 10.0. The second-order valence-electron chi connectivity index (χ2n) is 5.19. The van der Waals surface area contributed by atoms with Gasteiger partial charge in [-0.2, -0.15) is 0 Å².